The van der Waals surface area contributed by atoms with Crippen LogP contribution in [-0.2, 0) is 11.3 Å². The van der Waals surface area contributed by atoms with Crippen molar-refractivity contribution in [2.75, 3.05) is 4.31 Å². The number of carbonyl (C=O) groups excluding carboxylic acids is 1. The molecule has 118 valence electrons. The Morgan fingerprint density at radius 2 is 2.17 bits per heavy atom. The molecule has 8 nitrogen and oxygen atoms in total. The highest BCUT2D eigenvalue weighted by molar-refractivity contribution is 7.81. The number of anilines is 2. The molecule has 1 atom stereocenters. The van der Waals surface area contributed by atoms with Gasteiger partial charge in [-0.25, -0.2) is 4.21 Å². The van der Waals surface area contributed by atoms with Crippen molar-refractivity contribution in [1.82, 2.24) is 10.1 Å². The molecule has 0 saturated heterocycles. The van der Waals surface area contributed by atoms with Gasteiger partial charge in [0.2, 0.25) is 0 Å². The standard InChI is InChI=1S/C13H10N4O4S2/c14-12(18)10-11(8-4-1-2-6-15-8)16-21-13(10)17(23(19)20)9-5-3-7-22-9/h1-7H,(H2,14,18)(H,19,20). The highest BCUT2D eigenvalue weighted by Gasteiger charge is 2.31. The highest BCUT2D eigenvalue weighted by Crippen LogP contribution is 2.36. The zero-order valence-electron chi connectivity index (χ0n) is 11.4. The molecular weight excluding hydrogens is 340 g/mol. The van der Waals surface area contributed by atoms with Crippen LogP contribution >= 0.6 is 11.3 Å². The van der Waals surface area contributed by atoms with Crippen molar-refractivity contribution in [3.63, 3.8) is 0 Å². The molecule has 0 radical (unpaired) electrons. The fourth-order valence-electron chi connectivity index (χ4n) is 1.95. The predicted molar refractivity (Wildman–Crippen MR) is 85.5 cm³/mol. The van der Waals surface area contributed by atoms with Crippen LogP contribution in [0.3, 0.4) is 0 Å². The minimum absolute atomic E-state index is 0.111. The number of amides is 1. The van der Waals surface area contributed by atoms with Gasteiger partial charge in [-0.1, -0.05) is 11.2 Å². The minimum atomic E-state index is -2.47. The summed E-state index contributed by atoms with van der Waals surface area (Å²) in [6, 6.07) is 8.34. The molecule has 0 bridgehead atoms. The molecule has 1 unspecified atom stereocenters. The normalized spacial score (nSPS) is 12.0. The Morgan fingerprint density at radius 3 is 2.74 bits per heavy atom. The molecule has 0 spiro atoms. The maximum absolute atomic E-state index is 11.9. The van der Waals surface area contributed by atoms with Crippen LogP contribution in [0.25, 0.3) is 11.4 Å². The van der Waals surface area contributed by atoms with E-state index in [1.165, 1.54) is 17.5 Å². The molecule has 0 aromatic carbocycles. The number of rotatable bonds is 5. The summed E-state index contributed by atoms with van der Waals surface area (Å²) in [5.41, 5.74) is 5.78. The van der Waals surface area contributed by atoms with Crippen LogP contribution in [0.2, 0.25) is 0 Å². The van der Waals surface area contributed by atoms with Crippen molar-refractivity contribution in [3.8, 4) is 11.4 Å². The molecule has 0 fully saturated rings. The highest BCUT2D eigenvalue weighted by atomic mass is 32.2. The van der Waals surface area contributed by atoms with E-state index < -0.39 is 17.2 Å². The Bertz CT molecular complexity index is 848. The summed E-state index contributed by atoms with van der Waals surface area (Å²) in [5, 5.41) is 5.92. The van der Waals surface area contributed by atoms with Crippen LogP contribution in [-0.4, -0.2) is 24.8 Å². The number of nitrogens with zero attached hydrogens (tertiary/aromatic N) is 3. The van der Waals surface area contributed by atoms with E-state index in [-0.39, 0.29) is 17.1 Å². The molecule has 0 aliphatic heterocycles. The van der Waals surface area contributed by atoms with Gasteiger partial charge in [-0.15, -0.1) is 11.3 Å². The number of thiophene rings is 1. The van der Waals surface area contributed by atoms with E-state index in [2.05, 4.69) is 10.1 Å². The molecule has 23 heavy (non-hydrogen) atoms. The lowest BCUT2D eigenvalue weighted by Crippen LogP contribution is -2.22. The Hall–Kier alpha value is -2.56. The van der Waals surface area contributed by atoms with E-state index in [0.717, 1.165) is 4.31 Å². The lowest BCUT2D eigenvalue weighted by molar-refractivity contribution is 0.100. The first-order valence-corrected chi connectivity index (χ1v) is 8.19. The molecule has 3 N–H and O–H groups in total. The fraction of sp³-hybridized carbons (Fsp3) is 0. The van der Waals surface area contributed by atoms with Crippen LogP contribution in [0.1, 0.15) is 10.4 Å². The summed E-state index contributed by atoms with van der Waals surface area (Å²) in [6.45, 7) is 0. The third-order valence-electron chi connectivity index (χ3n) is 2.87. The first-order valence-electron chi connectivity index (χ1n) is 6.25. The van der Waals surface area contributed by atoms with E-state index in [4.69, 9.17) is 10.3 Å². The van der Waals surface area contributed by atoms with Crippen molar-refractivity contribution in [1.29, 1.82) is 0 Å². The smallest absolute Gasteiger partial charge is 0.269 e. The molecule has 3 aromatic rings. The molecule has 0 saturated carbocycles. The Morgan fingerprint density at radius 1 is 1.35 bits per heavy atom. The average molecular weight is 350 g/mol. The zero-order valence-corrected chi connectivity index (χ0v) is 13.1. The maximum Gasteiger partial charge on any atom is 0.269 e. The van der Waals surface area contributed by atoms with Crippen molar-refractivity contribution < 1.29 is 18.1 Å². The summed E-state index contributed by atoms with van der Waals surface area (Å²) in [5.74, 6) is -1.05. The third-order valence-corrected chi connectivity index (χ3v) is 4.52. The fourth-order valence-corrected chi connectivity index (χ4v) is 3.39. The van der Waals surface area contributed by atoms with Crippen LogP contribution < -0.4 is 10.0 Å². The maximum atomic E-state index is 11.9. The molecule has 3 rings (SSSR count). The summed E-state index contributed by atoms with van der Waals surface area (Å²) in [4.78, 5) is 16.0. The second-order valence-electron chi connectivity index (χ2n) is 4.27. The van der Waals surface area contributed by atoms with Gasteiger partial charge in [-0.05, 0) is 29.6 Å². The zero-order chi connectivity index (χ0) is 16.4. The molecule has 0 aliphatic rings. The lowest BCUT2D eigenvalue weighted by Gasteiger charge is -2.14. The summed E-state index contributed by atoms with van der Waals surface area (Å²) in [7, 11) is 0. The van der Waals surface area contributed by atoms with E-state index >= 15 is 0 Å². The number of carbonyl (C=O) groups is 1. The SMILES string of the molecule is NC(=O)c1c(-c2ccccn2)noc1N(c1cccs1)S(=O)O. The van der Waals surface area contributed by atoms with Crippen LogP contribution in [0.4, 0.5) is 10.9 Å². The van der Waals surface area contributed by atoms with Gasteiger partial charge < -0.3 is 10.3 Å². The summed E-state index contributed by atoms with van der Waals surface area (Å²) in [6.07, 6.45) is 1.52. The average Bonchev–Trinajstić information content (AvgIpc) is 3.18. The molecule has 1 amide bonds. The largest absolute Gasteiger partial charge is 0.365 e. The Labute approximate surface area is 137 Å². The third kappa shape index (κ3) is 2.86. The first kappa shape index (κ1) is 15.3. The van der Waals surface area contributed by atoms with Gasteiger partial charge in [0.15, 0.2) is 0 Å². The van der Waals surface area contributed by atoms with Crippen molar-refractivity contribution >= 4 is 39.4 Å². The van der Waals surface area contributed by atoms with E-state index in [1.54, 1.807) is 35.7 Å². The van der Waals surface area contributed by atoms with Gasteiger partial charge >= 0.3 is 0 Å². The van der Waals surface area contributed by atoms with E-state index in [9.17, 15) is 13.6 Å². The second-order valence-corrected chi connectivity index (χ2v) is 6.02. The van der Waals surface area contributed by atoms with Crippen LogP contribution in [0, 0.1) is 0 Å². The Kier molecular flexibility index (Phi) is 4.19. The van der Waals surface area contributed by atoms with Crippen LogP contribution in [0.15, 0.2) is 46.4 Å². The van der Waals surface area contributed by atoms with Gasteiger partial charge in [0.05, 0.1) is 5.69 Å². The minimum Gasteiger partial charge on any atom is -0.365 e. The van der Waals surface area contributed by atoms with Gasteiger partial charge in [-0.2, -0.15) is 4.31 Å². The topological polar surface area (TPSA) is 123 Å². The molecule has 3 heterocycles. The number of pyridine rings is 1. The molecule has 10 heteroatoms. The van der Waals surface area contributed by atoms with E-state index in [0.29, 0.717) is 10.7 Å². The van der Waals surface area contributed by atoms with Gasteiger partial charge in [-0.3, -0.25) is 14.3 Å². The number of nitrogens with two attached hydrogens (primary N) is 1. The number of aromatic nitrogens is 2. The summed E-state index contributed by atoms with van der Waals surface area (Å²) >= 11 is -1.27. The van der Waals surface area contributed by atoms with Crippen molar-refractivity contribution in [2.24, 2.45) is 5.73 Å². The van der Waals surface area contributed by atoms with Gasteiger partial charge in [0.1, 0.15) is 16.3 Å². The second kappa shape index (κ2) is 6.28. The van der Waals surface area contributed by atoms with Crippen LogP contribution in [0.5, 0.6) is 0 Å². The van der Waals surface area contributed by atoms with Gasteiger partial charge in [0.25, 0.3) is 23.1 Å². The number of hydrogen-bond acceptors (Lipinski definition) is 6. The van der Waals surface area contributed by atoms with Crippen molar-refractivity contribution in [3.05, 3.63) is 47.5 Å². The van der Waals surface area contributed by atoms with Crippen molar-refractivity contribution in [2.45, 2.75) is 0 Å². The predicted octanol–water partition coefficient (Wildman–Crippen LogP) is 2.17. The summed E-state index contributed by atoms with van der Waals surface area (Å²) < 4.78 is 27.4. The quantitative estimate of drug-likeness (QED) is 0.680. The Balaban J connectivity index is 2.18. The molecular formula is C13H10N4O4S2. The molecule has 3 aromatic heterocycles. The van der Waals surface area contributed by atoms with Gasteiger partial charge in [0, 0.05) is 6.20 Å². The monoisotopic (exact) mass is 350 g/mol. The lowest BCUT2D eigenvalue weighted by atomic mass is 10.1. The molecule has 0 aliphatic carbocycles. The number of primary amides is 1. The van der Waals surface area contributed by atoms with E-state index in [1.807, 2.05) is 0 Å². The first-order chi connectivity index (χ1) is 11.1. The number of hydrogen-bond donors (Lipinski definition) is 2.